The van der Waals surface area contributed by atoms with Crippen molar-refractivity contribution in [1.29, 1.82) is 0 Å². The van der Waals surface area contributed by atoms with Crippen LogP contribution in [0.4, 0.5) is 0 Å². The van der Waals surface area contributed by atoms with Crippen molar-refractivity contribution < 1.29 is 84.3 Å². The Morgan fingerprint density at radius 1 is 0.641 bits per heavy atom. The lowest BCUT2D eigenvalue weighted by Gasteiger charge is -2.73. The molecule has 0 aromatic heterocycles. The molecular weight excluding hydrogens is 836 g/mol. The Bertz CT molecular complexity index is 1710. The van der Waals surface area contributed by atoms with E-state index in [9.17, 15) is 51.1 Å². The molecule has 5 aliphatic carbocycles. The minimum atomic E-state index is -1.75. The van der Waals surface area contributed by atoms with Gasteiger partial charge in [0.2, 0.25) is 6.29 Å². The summed E-state index contributed by atoms with van der Waals surface area (Å²) in [7, 11) is 0. The van der Waals surface area contributed by atoms with E-state index in [0.717, 1.165) is 50.5 Å². The maximum atomic E-state index is 15.1. The van der Waals surface area contributed by atoms with Gasteiger partial charge in [-0.15, -0.1) is 0 Å². The van der Waals surface area contributed by atoms with Gasteiger partial charge in [-0.2, -0.15) is 0 Å². The summed E-state index contributed by atoms with van der Waals surface area (Å²) >= 11 is 0. The zero-order valence-corrected chi connectivity index (χ0v) is 38.3. The second-order valence-electron chi connectivity index (χ2n) is 22.5. The quantitative estimate of drug-likeness (QED) is 0.0864. The van der Waals surface area contributed by atoms with E-state index in [4.69, 9.17) is 28.4 Å². The van der Waals surface area contributed by atoms with E-state index in [1.165, 1.54) is 0 Å². The fraction of sp³-hybridized carbons (Fsp3) is 0.936. The van der Waals surface area contributed by atoms with Crippen molar-refractivity contribution >= 4 is 5.97 Å². The second kappa shape index (κ2) is 17.5. The Balaban J connectivity index is 1.04. The molecule has 24 unspecified atom stereocenters. The second-order valence-corrected chi connectivity index (χ2v) is 22.5. The maximum absolute atomic E-state index is 15.1. The van der Waals surface area contributed by atoms with Crippen LogP contribution in [0, 0.1) is 56.7 Å². The highest BCUT2D eigenvalue weighted by Crippen LogP contribution is 2.78. The average molecular weight is 913 g/mol. The lowest BCUT2D eigenvalue weighted by Crippen LogP contribution is -2.68. The third kappa shape index (κ3) is 7.40. The summed E-state index contributed by atoms with van der Waals surface area (Å²) in [6.45, 7) is 16.7. The minimum absolute atomic E-state index is 0.0359. The number of ether oxygens (including phenoxy) is 6. The summed E-state index contributed by atoms with van der Waals surface area (Å²) in [5, 5.41) is 105. The van der Waals surface area contributed by atoms with Gasteiger partial charge in [-0.1, -0.05) is 46.8 Å². The first kappa shape index (κ1) is 49.0. The van der Waals surface area contributed by atoms with Crippen molar-refractivity contribution in [2.75, 3.05) is 19.8 Å². The van der Waals surface area contributed by atoms with Crippen LogP contribution in [0.3, 0.4) is 0 Å². The number of hydrogen-bond donors (Lipinski definition) is 10. The molecule has 8 fully saturated rings. The zero-order chi connectivity index (χ0) is 46.6. The smallest absolute Gasteiger partial charge is 0.314 e. The minimum Gasteiger partial charge on any atom is -0.432 e. The predicted octanol–water partition coefficient (Wildman–Crippen LogP) is 0.636. The van der Waals surface area contributed by atoms with Crippen LogP contribution in [-0.4, -0.2) is 169 Å². The van der Waals surface area contributed by atoms with Gasteiger partial charge >= 0.3 is 5.97 Å². The lowest BCUT2D eigenvalue weighted by molar-refractivity contribution is -0.352. The molecule has 0 radical (unpaired) electrons. The molecule has 0 aromatic rings. The predicted molar refractivity (Wildman–Crippen MR) is 224 cm³/mol. The zero-order valence-electron chi connectivity index (χ0n) is 38.3. The van der Waals surface area contributed by atoms with Gasteiger partial charge in [0, 0.05) is 0 Å². The van der Waals surface area contributed by atoms with E-state index in [1.54, 1.807) is 0 Å². The van der Waals surface area contributed by atoms with Crippen molar-refractivity contribution in [3.8, 4) is 0 Å². The molecule has 17 heteroatoms. The molecule has 8 rings (SSSR count). The van der Waals surface area contributed by atoms with Crippen LogP contribution in [0.1, 0.15) is 106 Å². The molecule has 24 atom stereocenters. The molecule has 5 saturated carbocycles. The number of carbonyl (C=O) groups excluding carboxylic acids is 1. The highest BCUT2D eigenvalue weighted by atomic mass is 16.8. The van der Waals surface area contributed by atoms with Crippen molar-refractivity contribution in [2.45, 2.75) is 198 Å². The first-order valence-electron chi connectivity index (χ1n) is 23.8. The highest BCUT2D eigenvalue weighted by Gasteiger charge is 2.73. The molecule has 3 heterocycles. The van der Waals surface area contributed by atoms with Crippen LogP contribution in [-0.2, 0) is 33.2 Å². The summed E-state index contributed by atoms with van der Waals surface area (Å²) < 4.78 is 35.9. The highest BCUT2D eigenvalue weighted by molar-refractivity contribution is 5.78. The average Bonchev–Trinajstić information content (AvgIpc) is 3.66. The topological polar surface area (TPSA) is 275 Å². The van der Waals surface area contributed by atoms with Gasteiger partial charge in [0.1, 0.15) is 61.0 Å². The van der Waals surface area contributed by atoms with E-state index >= 15 is 4.79 Å². The Labute approximate surface area is 376 Å². The Hall–Kier alpha value is -1.39. The molecule has 0 spiro atoms. The van der Waals surface area contributed by atoms with Gasteiger partial charge in [-0.25, -0.2) is 0 Å². The van der Waals surface area contributed by atoms with E-state index in [-0.39, 0.29) is 58.0 Å². The molecule has 0 bridgehead atoms. The molecular formula is C47H76O17. The number of allylic oxidation sites excluding steroid dienone is 1. The standard InChI is InChI=1S/C47H76O17/c1-21(2)22-10-15-47(42(58)64-41-38(35(55)33(53)26(19-49)61-41)63-39-36(56)31(51)24(50)20-59-39)17-16-45(6)23(30(22)47)8-9-28-44(5)13-12-29(43(3,4)27(44)11-14-46(28,45)7)62-40-37(57)34(54)32(52)25(18-48)60-40/h22-41,48-57H,1,8-20H2,2-7H3. The van der Waals surface area contributed by atoms with E-state index in [2.05, 4.69) is 41.2 Å². The lowest BCUT2D eigenvalue weighted by atomic mass is 9.32. The molecule has 0 amide bonds. The van der Waals surface area contributed by atoms with E-state index < -0.39 is 111 Å². The van der Waals surface area contributed by atoms with Crippen LogP contribution in [0.5, 0.6) is 0 Å². The number of esters is 1. The molecule has 17 nitrogen and oxygen atoms in total. The summed E-state index contributed by atoms with van der Waals surface area (Å²) in [4.78, 5) is 15.1. The maximum Gasteiger partial charge on any atom is 0.314 e. The Morgan fingerprint density at radius 2 is 1.28 bits per heavy atom. The molecule has 366 valence electrons. The van der Waals surface area contributed by atoms with Crippen LogP contribution >= 0.6 is 0 Å². The van der Waals surface area contributed by atoms with Gasteiger partial charge in [0.15, 0.2) is 18.7 Å². The first-order valence-corrected chi connectivity index (χ1v) is 23.8. The van der Waals surface area contributed by atoms with Crippen molar-refractivity contribution in [3.05, 3.63) is 12.2 Å². The molecule has 3 aliphatic heterocycles. The largest absolute Gasteiger partial charge is 0.432 e. The van der Waals surface area contributed by atoms with E-state index in [0.29, 0.717) is 25.2 Å². The van der Waals surface area contributed by atoms with Gasteiger partial charge < -0.3 is 79.5 Å². The van der Waals surface area contributed by atoms with Crippen LogP contribution in [0.2, 0.25) is 0 Å². The summed E-state index contributed by atoms with van der Waals surface area (Å²) in [5.74, 6) is 0.133. The summed E-state index contributed by atoms with van der Waals surface area (Å²) in [6.07, 6.45) is -13.4. The van der Waals surface area contributed by atoms with Crippen LogP contribution in [0.15, 0.2) is 12.2 Å². The van der Waals surface area contributed by atoms with E-state index in [1.807, 2.05) is 6.92 Å². The SMILES string of the molecule is C=C(C)C1CCC2(C(=O)OC3OC(CO)C(O)C(O)C3OC3OCC(O)C(O)C3O)CCC3(C)C(CCC4C5(C)CCC(OC6OC(CO)C(O)C(O)C6O)C(C)(C)C5CCC43C)C12. The number of hydrogen-bond acceptors (Lipinski definition) is 17. The molecule has 64 heavy (non-hydrogen) atoms. The molecule has 0 aromatic carbocycles. The first-order chi connectivity index (χ1) is 30.0. The number of aliphatic hydroxyl groups excluding tert-OH is 10. The van der Waals surface area contributed by atoms with Gasteiger partial charge in [-0.3, -0.25) is 4.79 Å². The van der Waals surface area contributed by atoms with Crippen LogP contribution in [0.25, 0.3) is 0 Å². The third-order valence-corrected chi connectivity index (χ3v) is 19.4. The molecule has 10 N–H and O–H groups in total. The fourth-order valence-corrected chi connectivity index (χ4v) is 15.6. The Kier molecular flexibility index (Phi) is 13.4. The fourth-order valence-electron chi connectivity index (χ4n) is 15.6. The number of rotatable bonds is 9. The summed E-state index contributed by atoms with van der Waals surface area (Å²) in [6, 6.07) is 0. The van der Waals surface area contributed by atoms with Crippen molar-refractivity contribution in [1.82, 2.24) is 0 Å². The molecule has 8 aliphatic rings. The van der Waals surface area contributed by atoms with Crippen molar-refractivity contribution in [2.24, 2.45) is 56.7 Å². The number of aliphatic hydroxyl groups is 10. The third-order valence-electron chi connectivity index (χ3n) is 19.4. The van der Waals surface area contributed by atoms with Gasteiger partial charge in [0.05, 0.1) is 31.3 Å². The summed E-state index contributed by atoms with van der Waals surface area (Å²) in [5.41, 5.74) is -0.618. The molecule has 3 saturated heterocycles. The van der Waals surface area contributed by atoms with Crippen molar-refractivity contribution in [3.63, 3.8) is 0 Å². The monoisotopic (exact) mass is 913 g/mol. The Morgan fingerprint density at radius 3 is 1.94 bits per heavy atom. The number of carbonyl (C=O) groups is 1. The normalized spacial score (nSPS) is 54.8. The number of fused-ring (bicyclic) bond motifs is 7. The van der Waals surface area contributed by atoms with Crippen LogP contribution < -0.4 is 0 Å². The van der Waals surface area contributed by atoms with Gasteiger partial charge in [-0.05, 0) is 122 Å². The van der Waals surface area contributed by atoms with Gasteiger partial charge in [0.25, 0.3) is 0 Å².